The van der Waals surface area contributed by atoms with Gasteiger partial charge in [-0.25, -0.2) is 0 Å². The molecule has 0 aromatic rings. The number of nitrogens with one attached hydrogen (secondary N) is 1. The van der Waals surface area contributed by atoms with E-state index in [-0.39, 0.29) is 24.8 Å². The Balaban J connectivity index is 1.69. The standard InChI is InChI=1S/C20H41N5O7/c1-8(21)12-5-4-9(22)18(30-12)31-15-10(23)6-11(24)16(13(15)26)32-19-14(27)17(25-3)20(2,28)7-29-19/h8-19,25-28H,4-7,21-24H2,1-3H3/t8?,9?,10-,11+,12-,13?,14?,15?,16?,17?,18+,19?,20-/m0/s1. The van der Waals surface area contributed by atoms with Gasteiger partial charge in [-0.3, -0.25) is 0 Å². The summed E-state index contributed by atoms with van der Waals surface area (Å²) in [6.07, 6.45) is -4.58. The molecule has 12 N–H and O–H groups in total. The third-order valence-corrected chi connectivity index (χ3v) is 6.81. The smallest absolute Gasteiger partial charge is 0.185 e. The lowest BCUT2D eigenvalue weighted by Crippen LogP contribution is -2.68. The second kappa shape index (κ2) is 10.4. The van der Waals surface area contributed by atoms with Crippen LogP contribution >= 0.6 is 0 Å². The van der Waals surface area contributed by atoms with Crippen LogP contribution in [0.25, 0.3) is 0 Å². The van der Waals surface area contributed by atoms with Gasteiger partial charge in [-0.05, 0) is 40.2 Å². The Hall–Kier alpha value is -0.480. The molecule has 2 heterocycles. The first-order chi connectivity index (χ1) is 15.0. The Morgan fingerprint density at radius 1 is 1.00 bits per heavy atom. The van der Waals surface area contributed by atoms with Gasteiger partial charge in [0, 0.05) is 18.1 Å². The van der Waals surface area contributed by atoms with Crippen LogP contribution in [0.2, 0.25) is 0 Å². The fourth-order valence-corrected chi connectivity index (χ4v) is 4.87. The van der Waals surface area contributed by atoms with Crippen molar-refractivity contribution in [2.75, 3.05) is 13.7 Å². The fraction of sp³-hybridized carbons (Fsp3) is 1.00. The molecule has 8 unspecified atom stereocenters. The Morgan fingerprint density at radius 2 is 1.59 bits per heavy atom. The van der Waals surface area contributed by atoms with Gasteiger partial charge in [0.05, 0.1) is 24.8 Å². The predicted molar refractivity (Wildman–Crippen MR) is 115 cm³/mol. The molecule has 12 nitrogen and oxygen atoms in total. The van der Waals surface area contributed by atoms with E-state index in [9.17, 15) is 15.3 Å². The summed E-state index contributed by atoms with van der Waals surface area (Å²) in [4.78, 5) is 0. The minimum atomic E-state index is -1.29. The van der Waals surface area contributed by atoms with Crippen molar-refractivity contribution in [1.82, 2.24) is 5.32 Å². The number of rotatable bonds is 6. The molecule has 3 aliphatic rings. The van der Waals surface area contributed by atoms with Crippen LogP contribution in [0.5, 0.6) is 0 Å². The van der Waals surface area contributed by atoms with Crippen LogP contribution in [-0.4, -0.2) is 108 Å². The van der Waals surface area contributed by atoms with Gasteiger partial charge in [0.25, 0.3) is 0 Å². The first kappa shape index (κ1) is 26.1. The number of hydrogen-bond acceptors (Lipinski definition) is 12. The molecule has 1 aliphatic carbocycles. The number of likely N-dealkylation sites (N-methyl/N-ethyl adjacent to an activating group) is 1. The van der Waals surface area contributed by atoms with Gasteiger partial charge in [-0.15, -0.1) is 0 Å². The highest BCUT2D eigenvalue weighted by Crippen LogP contribution is 2.31. The fourth-order valence-electron chi connectivity index (χ4n) is 4.87. The summed E-state index contributed by atoms with van der Waals surface area (Å²) in [6.45, 7) is 3.34. The second-order valence-electron chi connectivity index (χ2n) is 9.69. The number of aliphatic hydroxyl groups is 3. The van der Waals surface area contributed by atoms with Crippen molar-refractivity contribution in [3.63, 3.8) is 0 Å². The van der Waals surface area contributed by atoms with Crippen LogP contribution in [0.1, 0.15) is 33.1 Å². The van der Waals surface area contributed by atoms with E-state index in [4.69, 9.17) is 41.9 Å². The lowest BCUT2D eigenvalue weighted by Gasteiger charge is -2.48. The highest BCUT2D eigenvalue weighted by molar-refractivity contribution is 5.02. The molecule has 2 aliphatic heterocycles. The van der Waals surface area contributed by atoms with Crippen LogP contribution < -0.4 is 28.3 Å². The molecule has 12 heteroatoms. The van der Waals surface area contributed by atoms with Gasteiger partial charge in [0.15, 0.2) is 12.6 Å². The molecule has 188 valence electrons. The maximum absolute atomic E-state index is 11.1. The van der Waals surface area contributed by atoms with E-state index >= 15 is 0 Å². The van der Waals surface area contributed by atoms with Gasteiger partial charge in [-0.2, -0.15) is 0 Å². The van der Waals surface area contributed by atoms with Crippen molar-refractivity contribution in [3.8, 4) is 0 Å². The van der Waals surface area contributed by atoms with E-state index in [1.54, 1.807) is 14.0 Å². The Morgan fingerprint density at radius 3 is 2.16 bits per heavy atom. The van der Waals surface area contributed by atoms with Crippen LogP contribution in [0.15, 0.2) is 0 Å². The molecule has 0 radical (unpaired) electrons. The van der Waals surface area contributed by atoms with Crippen molar-refractivity contribution >= 4 is 0 Å². The van der Waals surface area contributed by atoms with Gasteiger partial charge in [0.1, 0.15) is 30.0 Å². The monoisotopic (exact) mass is 463 g/mol. The highest BCUT2D eigenvalue weighted by Gasteiger charge is 2.50. The molecule has 0 bridgehead atoms. The minimum Gasteiger partial charge on any atom is -0.388 e. The lowest BCUT2D eigenvalue weighted by molar-refractivity contribution is -0.307. The molecule has 0 amide bonds. The average Bonchev–Trinajstić information content (AvgIpc) is 2.71. The van der Waals surface area contributed by atoms with Crippen LogP contribution in [0.3, 0.4) is 0 Å². The van der Waals surface area contributed by atoms with Crippen LogP contribution in [0.4, 0.5) is 0 Å². The zero-order valence-corrected chi connectivity index (χ0v) is 19.0. The molecule has 3 fully saturated rings. The topological polar surface area (TPSA) is 214 Å². The summed E-state index contributed by atoms with van der Waals surface area (Å²) in [5.41, 5.74) is 23.3. The number of nitrogens with two attached hydrogens (primary N) is 4. The van der Waals surface area contributed by atoms with Crippen molar-refractivity contribution in [2.24, 2.45) is 22.9 Å². The van der Waals surface area contributed by atoms with Gasteiger partial charge in [0.2, 0.25) is 0 Å². The molecular weight excluding hydrogens is 422 g/mol. The maximum Gasteiger partial charge on any atom is 0.185 e. The van der Waals surface area contributed by atoms with Crippen LogP contribution in [-0.2, 0) is 18.9 Å². The zero-order chi connectivity index (χ0) is 23.8. The summed E-state index contributed by atoms with van der Waals surface area (Å²) in [7, 11) is 1.62. The molecule has 0 spiro atoms. The molecular formula is C20H41N5O7. The SMILES string of the molecule is CNC1C(O)C(OC2C(O)C(O[C@H]3O[C@H](C(C)N)CCC3N)[C@@H](N)C[C@H]2N)OC[C@]1(C)O. The van der Waals surface area contributed by atoms with E-state index in [1.807, 2.05) is 6.92 Å². The molecule has 0 aromatic heterocycles. The summed E-state index contributed by atoms with van der Waals surface area (Å²) in [5, 5.41) is 35.0. The third kappa shape index (κ3) is 5.43. The number of hydrogen-bond donors (Lipinski definition) is 8. The average molecular weight is 464 g/mol. The minimum absolute atomic E-state index is 0.0683. The molecule has 32 heavy (non-hydrogen) atoms. The van der Waals surface area contributed by atoms with Crippen molar-refractivity contribution in [1.29, 1.82) is 0 Å². The summed E-state index contributed by atoms with van der Waals surface area (Å²) in [6, 6.07) is -2.47. The zero-order valence-electron chi connectivity index (χ0n) is 19.0. The molecule has 1 saturated carbocycles. The van der Waals surface area contributed by atoms with Crippen LogP contribution in [0, 0.1) is 0 Å². The number of ether oxygens (including phenoxy) is 4. The Labute approximate surface area is 188 Å². The van der Waals surface area contributed by atoms with Gasteiger partial charge < -0.3 is 62.5 Å². The van der Waals surface area contributed by atoms with E-state index in [0.29, 0.717) is 12.8 Å². The van der Waals surface area contributed by atoms with E-state index in [2.05, 4.69) is 5.32 Å². The van der Waals surface area contributed by atoms with Gasteiger partial charge in [-0.1, -0.05) is 0 Å². The number of aliphatic hydroxyl groups excluding tert-OH is 2. The quantitative estimate of drug-likeness (QED) is 0.192. The summed E-state index contributed by atoms with van der Waals surface area (Å²) >= 11 is 0. The van der Waals surface area contributed by atoms with Crippen molar-refractivity contribution in [2.45, 2.75) is 112 Å². The summed E-state index contributed by atoms with van der Waals surface area (Å²) < 4.78 is 23.4. The molecule has 13 atom stereocenters. The predicted octanol–water partition coefficient (Wildman–Crippen LogP) is -3.59. The Bertz CT molecular complexity index is 615. The molecule has 0 aromatic carbocycles. The highest BCUT2D eigenvalue weighted by atomic mass is 16.7. The molecule has 3 rings (SSSR count). The summed E-state index contributed by atoms with van der Waals surface area (Å²) in [5.74, 6) is 0. The van der Waals surface area contributed by atoms with E-state index < -0.39 is 60.7 Å². The van der Waals surface area contributed by atoms with E-state index in [1.165, 1.54) is 0 Å². The second-order valence-corrected chi connectivity index (χ2v) is 9.69. The van der Waals surface area contributed by atoms with E-state index in [0.717, 1.165) is 6.42 Å². The van der Waals surface area contributed by atoms with Gasteiger partial charge >= 0.3 is 0 Å². The normalized spacial score (nSPS) is 51.4. The molecule has 2 saturated heterocycles. The lowest BCUT2D eigenvalue weighted by atomic mass is 9.84. The largest absolute Gasteiger partial charge is 0.388 e. The maximum atomic E-state index is 11.1. The first-order valence-corrected chi connectivity index (χ1v) is 11.3. The first-order valence-electron chi connectivity index (χ1n) is 11.3. The van der Waals surface area contributed by atoms with Crippen molar-refractivity contribution < 1.29 is 34.3 Å². The van der Waals surface area contributed by atoms with Crippen molar-refractivity contribution in [3.05, 3.63) is 0 Å². The third-order valence-electron chi connectivity index (χ3n) is 6.81. The Kier molecular flexibility index (Phi) is 8.51.